The number of hydrogen-bond acceptors (Lipinski definition) is 0. The number of rotatable bonds is 3. The summed E-state index contributed by atoms with van der Waals surface area (Å²) >= 11 is 0. The average molecular weight is 465 g/mol. The zero-order valence-electron chi connectivity index (χ0n) is 27.2. The highest BCUT2D eigenvalue weighted by molar-refractivity contribution is 6.21. The summed E-state index contributed by atoms with van der Waals surface area (Å²) in [6.07, 6.45) is 0. The lowest BCUT2D eigenvalue weighted by atomic mass is 9.85. The van der Waals surface area contributed by atoms with Gasteiger partial charge in [0.15, 0.2) is 0 Å². The first-order valence-electron chi connectivity index (χ1n) is 15.8. The molecule has 0 saturated heterocycles. The van der Waals surface area contributed by atoms with Crippen LogP contribution in [0, 0.1) is 0 Å². The first kappa shape index (κ1) is 14.0. The van der Waals surface area contributed by atoms with Crippen molar-refractivity contribution < 1.29 is 11.0 Å². The van der Waals surface area contributed by atoms with Gasteiger partial charge in [-0.1, -0.05) is 139 Å². The Morgan fingerprint density at radius 3 is 1.42 bits per heavy atom. The molecule has 168 valence electrons. The van der Waals surface area contributed by atoms with Crippen molar-refractivity contribution in [3.63, 3.8) is 0 Å². The van der Waals surface area contributed by atoms with Crippen LogP contribution in [0.2, 0.25) is 0 Å². The second-order valence-electron chi connectivity index (χ2n) is 8.76. The van der Waals surface area contributed by atoms with Crippen LogP contribution in [0.4, 0.5) is 0 Å². The quantitative estimate of drug-likeness (QED) is 0.228. The van der Waals surface area contributed by atoms with Gasteiger partial charge in [0.25, 0.3) is 0 Å². The van der Waals surface area contributed by atoms with Gasteiger partial charge in [-0.3, -0.25) is 0 Å². The molecular weight excluding hydrogens is 432 g/mol. The fourth-order valence-electron chi connectivity index (χ4n) is 5.01. The Bertz CT molecular complexity index is 2210. The Kier molecular flexibility index (Phi) is 3.32. The number of benzene rings is 7. The van der Waals surface area contributed by atoms with E-state index in [9.17, 15) is 0 Å². The third kappa shape index (κ3) is 3.39. The Morgan fingerprint density at radius 1 is 0.361 bits per heavy atom. The van der Waals surface area contributed by atoms with Crippen molar-refractivity contribution in [2.24, 2.45) is 0 Å². The maximum absolute atomic E-state index is 9.10. The average Bonchev–Trinajstić information content (AvgIpc) is 3.06. The predicted octanol–water partition coefficient (Wildman–Crippen LogP) is 10.1. The van der Waals surface area contributed by atoms with Gasteiger partial charge in [-0.2, -0.15) is 0 Å². The van der Waals surface area contributed by atoms with E-state index in [4.69, 9.17) is 11.0 Å². The molecule has 0 nitrogen and oxygen atoms in total. The molecule has 0 saturated carbocycles. The van der Waals surface area contributed by atoms with Gasteiger partial charge in [0.1, 0.15) is 0 Å². The van der Waals surface area contributed by atoms with Crippen molar-refractivity contribution >= 4 is 32.3 Å². The number of hydrogen-bond donors (Lipinski definition) is 0. The molecule has 7 aromatic rings. The van der Waals surface area contributed by atoms with Gasteiger partial charge >= 0.3 is 0 Å². The van der Waals surface area contributed by atoms with E-state index in [2.05, 4.69) is 0 Å². The fourth-order valence-corrected chi connectivity index (χ4v) is 5.01. The molecule has 0 bridgehead atoms. The molecule has 0 aliphatic heterocycles. The predicted molar refractivity (Wildman–Crippen MR) is 155 cm³/mol. The molecule has 0 aliphatic rings. The summed E-state index contributed by atoms with van der Waals surface area (Å²) in [4.78, 5) is 0. The SMILES string of the molecule is [2H]c1c([2H])c([2H])c2c(-c3ccc4ccccc4c3)c3c([2H])c([2H])c([2H])c([2H])c3c(-c3ccc(-c4ccccc4)cc3)c2c1[2H]. The second kappa shape index (κ2) is 8.52. The molecule has 0 spiro atoms. The third-order valence-electron chi connectivity index (χ3n) is 6.69. The standard InChI is InChI=1S/C36H24/c1-2-10-25(11-3-1)27-18-21-28(22-19-27)35-31-14-6-8-16-33(31)36(34-17-9-7-15-32(34)35)30-23-20-26-12-4-5-13-29(26)24-30/h1-24H/i6D,7D,8D,9D,14D,15D,16D,17D. The van der Waals surface area contributed by atoms with Crippen molar-refractivity contribution in [1.82, 2.24) is 0 Å². The summed E-state index contributed by atoms with van der Waals surface area (Å²) in [6, 6.07) is 28.0. The minimum absolute atomic E-state index is 0.212. The largest absolute Gasteiger partial charge is 0.0629 e. The van der Waals surface area contributed by atoms with Crippen molar-refractivity contribution in [3.05, 3.63) is 145 Å². The van der Waals surface area contributed by atoms with Gasteiger partial charge in [0, 0.05) is 0 Å². The topological polar surface area (TPSA) is 0 Å². The lowest BCUT2D eigenvalue weighted by Gasteiger charge is -2.18. The van der Waals surface area contributed by atoms with Crippen molar-refractivity contribution in [2.45, 2.75) is 0 Å². The van der Waals surface area contributed by atoms with Crippen molar-refractivity contribution in [3.8, 4) is 33.4 Å². The lowest BCUT2D eigenvalue weighted by Crippen LogP contribution is -1.91. The number of fused-ring (bicyclic) bond motifs is 3. The molecule has 0 N–H and O–H groups in total. The van der Waals surface area contributed by atoms with E-state index in [1.54, 1.807) is 0 Å². The molecule has 0 aliphatic carbocycles. The maximum atomic E-state index is 9.10. The molecule has 7 aromatic carbocycles. The van der Waals surface area contributed by atoms with Crippen LogP contribution in [0.15, 0.2) is 145 Å². The van der Waals surface area contributed by atoms with Gasteiger partial charge in [0.2, 0.25) is 0 Å². The van der Waals surface area contributed by atoms with Gasteiger partial charge in [-0.15, -0.1) is 0 Å². The van der Waals surface area contributed by atoms with Gasteiger partial charge in [-0.05, 0) is 71.8 Å². The van der Waals surface area contributed by atoms with E-state index < -0.39 is 24.2 Å². The Hall–Kier alpha value is -4.68. The van der Waals surface area contributed by atoms with Crippen LogP contribution in [0.3, 0.4) is 0 Å². The highest BCUT2D eigenvalue weighted by Gasteiger charge is 2.16. The van der Waals surface area contributed by atoms with E-state index in [0.29, 0.717) is 22.3 Å². The molecule has 0 aromatic heterocycles. The molecule has 0 amide bonds. The molecule has 0 heterocycles. The fraction of sp³-hybridized carbons (Fsp3) is 0. The first-order valence-corrected chi connectivity index (χ1v) is 11.8. The van der Waals surface area contributed by atoms with Crippen molar-refractivity contribution in [1.29, 1.82) is 0 Å². The van der Waals surface area contributed by atoms with Crippen LogP contribution < -0.4 is 0 Å². The van der Waals surface area contributed by atoms with Crippen molar-refractivity contribution in [2.75, 3.05) is 0 Å². The molecule has 36 heavy (non-hydrogen) atoms. The molecule has 0 fully saturated rings. The van der Waals surface area contributed by atoms with Crippen LogP contribution in [0.25, 0.3) is 65.7 Å². The minimum atomic E-state index is -0.408. The van der Waals surface area contributed by atoms with Crippen LogP contribution in [-0.4, -0.2) is 0 Å². The molecule has 0 unspecified atom stereocenters. The normalized spacial score (nSPS) is 14.4. The zero-order chi connectivity index (χ0) is 30.9. The van der Waals surface area contributed by atoms with Gasteiger partial charge in [-0.25, -0.2) is 0 Å². The van der Waals surface area contributed by atoms with Gasteiger partial charge < -0.3 is 0 Å². The second-order valence-corrected chi connectivity index (χ2v) is 8.76. The highest BCUT2D eigenvalue weighted by Crippen LogP contribution is 2.44. The molecule has 0 radical (unpaired) electrons. The van der Waals surface area contributed by atoms with Crippen LogP contribution in [0.1, 0.15) is 11.0 Å². The summed E-state index contributed by atoms with van der Waals surface area (Å²) in [5, 5.41) is 2.72. The summed E-state index contributed by atoms with van der Waals surface area (Å²) in [5.74, 6) is 0. The summed E-state index contributed by atoms with van der Waals surface area (Å²) < 4.78 is 70.7. The summed E-state index contributed by atoms with van der Waals surface area (Å²) in [7, 11) is 0. The van der Waals surface area contributed by atoms with E-state index in [1.807, 2.05) is 97.1 Å². The molecular formula is C36H24. The van der Waals surface area contributed by atoms with E-state index >= 15 is 0 Å². The Labute approximate surface area is 222 Å². The monoisotopic (exact) mass is 464 g/mol. The van der Waals surface area contributed by atoms with Crippen LogP contribution >= 0.6 is 0 Å². The van der Waals surface area contributed by atoms with E-state index in [-0.39, 0.29) is 45.7 Å². The highest BCUT2D eigenvalue weighted by atomic mass is 14.2. The van der Waals surface area contributed by atoms with E-state index in [1.165, 1.54) is 0 Å². The van der Waals surface area contributed by atoms with E-state index in [0.717, 1.165) is 21.9 Å². The molecule has 7 rings (SSSR count). The smallest absolute Gasteiger partial charge is 0.0622 e. The van der Waals surface area contributed by atoms with Crippen LogP contribution in [-0.2, 0) is 0 Å². The van der Waals surface area contributed by atoms with Gasteiger partial charge in [0.05, 0.1) is 11.0 Å². The minimum Gasteiger partial charge on any atom is -0.0622 e. The summed E-state index contributed by atoms with van der Waals surface area (Å²) in [6.45, 7) is 0. The Balaban J connectivity index is 1.71. The maximum Gasteiger partial charge on any atom is 0.0629 e. The molecule has 0 atom stereocenters. The lowest BCUT2D eigenvalue weighted by molar-refractivity contribution is 1.61. The van der Waals surface area contributed by atoms with Crippen LogP contribution in [0.5, 0.6) is 0 Å². The zero-order valence-corrected chi connectivity index (χ0v) is 19.2. The first-order chi connectivity index (χ1) is 21.2. The third-order valence-corrected chi connectivity index (χ3v) is 6.69. The summed E-state index contributed by atoms with van der Waals surface area (Å²) in [5.41, 5.74) is 3.82. The molecule has 0 heteroatoms. The Morgan fingerprint density at radius 2 is 0.806 bits per heavy atom.